The van der Waals surface area contributed by atoms with Crippen LogP contribution in [0.2, 0.25) is 0 Å². The Kier molecular flexibility index (Phi) is 4.08. The van der Waals surface area contributed by atoms with Gasteiger partial charge in [-0.15, -0.1) is 0 Å². The van der Waals surface area contributed by atoms with Crippen molar-refractivity contribution in [2.75, 3.05) is 18.0 Å². The van der Waals surface area contributed by atoms with Crippen LogP contribution in [0, 0.1) is 17.8 Å². The van der Waals surface area contributed by atoms with Crippen LogP contribution in [0.5, 0.6) is 0 Å². The van der Waals surface area contributed by atoms with Gasteiger partial charge in [0.05, 0.1) is 5.92 Å². The van der Waals surface area contributed by atoms with Crippen LogP contribution >= 0.6 is 0 Å². The second-order valence-electron chi connectivity index (χ2n) is 6.32. The molecule has 0 amide bonds. The van der Waals surface area contributed by atoms with Crippen molar-refractivity contribution < 1.29 is 9.90 Å². The molecular formula is C16H23N3O2. The van der Waals surface area contributed by atoms with Crippen molar-refractivity contribution in [1.82, 2.24) is 9.97 Å². The van der Waals surface area contributed by atoms with Gasteiger partial charge in [-0.05, 0) is 37.5 Å². The maximum atomic E-state index is 11.5. The molecule has 1 aromatic heterocycles. The number of nitrogens with zero attached hydrogens (tertiary/aromatic N) is 3. The van der Waals surface area contributed by atoms with Gasteiger partial charge in [0.15, 0.2) is 0 Å². The van der Waals surface area contributed by atoms with Gasteiger partial charge in [-0.25, -0.2) is 9.97 Å². The Balaban J connectivity index is 1.73. The highest BCUT2D eigenvalue weighted by molar-refractivity contribution is 5.72. The molecule has 5 nitrogen and oxygen atoms in total. The van der Waals surface area contributed by atoms with Crippen LogP contribution in [0.1, 0.15) is 38.3 Å². The van der Waals surface area contributed by atoms with Crippen molar-refractivity contribution in [3.8, 4) is 0 Å². The second kappa shape index (κ2) is 6.00. The molecule has 1 aromatic rings. The topological polar surface area (TPSA) is 66.3 Å². The van der Waals surface area contributed by atoms with Gasteiger partial charge in [0.25, 0.3) is 0 Å². The second-order valence-corrected chi connectivity index (χ2v) is 6.32. The maximum absolute atomic E-state index is 11.5. The predicted molar refractivity (Wildman–Crippen MR) is 80.2 cm³/mol. The van der Waals surface area contributed by atoms with Crippen LogP contribution in [0.3, 0.4) is 0 Å². The van der Waals surface area contributed by atoms with Crippen LogP contribution < -0.4 is 4.90 Å². The molecule has 1 saturated heterocycles. The van der Waals surface area contributed by atoms with Gasteiger partial charge in [-0.3, -0.25) is 4.79 Å². The van der Waals surface area contributed by atoms with Crippen molar-refractivity contribution >= 4 is 11.8 Å². The fourth-order valence-corrected chi connectivity index (χ4v) is 3.33. The molecule has 0 unspecified atom stereocenters. The molecule has 0 radical (unpaired) electrons. The highest BCUT2D eigenvalue weighted by Crippen LogP contribution is 2.44. The minimum Gasteiger partial charge on any atom is -0.481 e. The van der Waals surface area contributed by atoms with E-state index >= 15 is 0 Å². The van der Waals surface area contributed by atoms with E-state index < -0.39 is 5.97 Å². The van der Waals surface area contributed by atoms with Gasteiger partial charge in [0, 0.05) is 24.8 Å². The molecule has 2 aliphatic rings. The van der Waals surface area contributed by atoms with Crippen molar-refractivity contribution in [3.63, 3.8) is 0 Å². The van der Waals surface area contributed by atoms with Gasteiger partial charge < -0.3 is 10.0 Å². The molecule has 5 heteroatoms. The number of aryl methyl sites for hydroxylation is 1. The number of carbonyl (C=O) groups is 1. The molecule has 3 rings (SSSR count). The lowest BCUT2D eigenvalue weighted by Crippen LogP contribution is -2.24. The number of rotatable bonds is 6. The number of carboxylic acid groups (broad SMARTS) is 1. The summed E-state index contributed by atoms with van der Waals surface area (Å²) in [6.45, 7) is 3.58. The number of unbranched alkanes of at least 4 members (excludes halogenated alkanes) is 1. The standard InChI is InChI=1S/C16H23N3O2/c1-2-3-4-12-7-15(18-10-17-12)19-8-13(11-5-6-11)14(9-19)16(20)21/h7,10-11,13-14H,2-6,8-9H2,1H3,(H,20,21)/t13-,14+/m0/s1. The van der Waals surface area contributed by atoms with E-state index in [0.29, 0.717) is 12.5 Å². The number of carboxylic acids is 1. The summed E-state index contributed by atoms with van der Waals surface area (Å²) in [7, 11) is 0. The molecule has 21 heavy (non-hydrogen) atoms. The van der Waals surface area contributed by atoms with Gasteiger partial charge in [0.1, 0.15) is 12.1 Å². The highest BCUT2D eigenvalue weighted by atomic mass is 16.4. The first-order valence-electron chi connectivity index (χ1n) is 7.97. The maximum Gasteiger partial charge on any atom is 0.308 e. The Morgan fingerprint density at radius 1 is 1.38 bits per heavy atom. The summed E-state index contributed by atoms with van der Waals surface area (Å²) in [5, 5.41) is 9.44. The minimum atomic E-state index is -0.658. The lowest BCUT2D eigenvalue weighted by molar-refractivity contribution is -0.142. The van der Waals surface area contributed by atoms with Crippen molar-refractivity contribution in [1.29, 1.82) is 0 Å². The zero-order valence-electron chi connectivity index (χ0n) is 12.5. The van der Waals surface area contributed by atoms with E-state index in [2.05, 4.69) is 21.8 Å². The summed E-state index contributed by atoms with van der Waals surface area (Å²) in [4.78, 5) is 22.3. The van der Waals surface area contributed by atoms with Crippen molar-refractivity contribution in [3.05, 3.63) is 18.1 Å². The Morgan fingerprint density at radius 2 is 2.19 bits per heavy atom. The summed E-state index contributed by atoms with van der Waals surface area (Å²) in [5.41, 5.74) is 1.06. The van der Waals surface area contributed by atoms with E-state index in [0.717, 1.165) is 37.3 Å². The molecule has 1 aliphatic heterocycles. The molecular weight excluding hydrogens is 266 g/mol. The molecule has 2 atom stereocenters. The Bertz CT molecular complexity index is 516. The largest absolute Gasteiger partial charge is 0.481 e. The van der Waals surface area contributed by atoms with Gasteiger partial charge in [0.2, 0.25) is 0 Å². The molecule has 114 valence electrons. The Hall–Kier alpha value is -1.65. The summed E-state index contributed by atoms with van der Waals surface area (Å²) in [5.74, 6) is 0.890. The fourth-order valence-electron chi connectivity index (χ4n) is 3.33. The Labute approximate surface area is 125 Å². The zero-order chi connectivity index (χ0) is 14.8. The number of hydrogen-bond acceptors (Lipinski definition) is 4. The van der Waals surface area contributed by atoms with Crippen LogP contribution in [0.15, 0.2) is 12.4 Å². The summed E-state index contributed by atoms with van der Waals surface area (Å²) < 4.78 is 0. The number of anilines is 1. The first kappa shape index (κ1) is 14.3. The van der Waals surface area contributed by atoms with Crippen molar-refractivity contribution in [2.24, 2.45) is 17.8 Å². The smallest absolute Gasteiger partial charge is 0.308 e. The van der Waals surface area contributed by atoms with Gasteiger partial charge >= 0.3 is 5.97 Å². The number of aromatic nitrogens is 2. The summed E-state index contributed by atoms with van der Waals surface area (Å²) in [6, 6.07) is 2.03. The molecule has 0 bridgehead atoms. The monoisotopic (exact) mass is 289 g/mol. The molecule has 2 heterocycles. The van der Waals surface area contributed by atoms with Crippen LogP contribution in [-0.2, 0) is 11.2 Å². The van der Waals surface area contributed by atoms with Crippen molar-refractivity contribution in [2.45, 2.75) is 39.0 Å². The number of hydrogen-bond donors (Lipinski definition) is 1. The SMILES string of the molecule is CCCCc1cc(N2C[C@@H](C(=O)O)[C@H](C3CC3)C2)ncn1. The third-order valence-corrected chi connectivity index (χ3v) is 4.73. The van der Waals surface area contributed by atoms with E-state index in [1.807, 2.05) is 6.07 Å². The van der Waals surface area contributed by atoms with Crippen LogP contribution in [-0.4, -0.2) is 34.1 Å². The minimum absolute atomic E-state index is 0.244. The summed E-state index contributed by atoms with van der Waals surface area (Å²) >= 11 is 0. The average molecular weight is 289 g/mol. The first-order chi connectivity index (χ1) is 10.2. The zero-order valence-corrected chi connectivity index (χ0v) is 12.5. The van der Waals surface area contributed by atoms with Crippen LogP contribution in [0.4, 0.5) is 5.82 Å². The first-order valence-corrected chi connectivity index (χ1v) is 7.97. The Morgan fingerprint density at radius 3 is 2.86 bits per heavy atom. The third kappa shape index (κ3) is 3.17. The van der Waals surface area contributed by atoms with Gasteiger partial charge in [-0.2, -0.15) is 0 Å². The van der Waals surface area contributed by atoms with E-state index in [1.54, 1.807) is 6.33 Å². The quantitative estimate of drug-likeness (QED) is 0.871. The molecule has 1 aliphatic carbocycles. The molecule has 0 aromatic carbocycles. The van der Waals surface area contributed by atoms with E-state index in [1.165, 1.54) is 12.8 Å². The van der Waals surface area contributed by atoms with Crippen LogP contribution in [0.25, 0.3) is 0 Å². The van der Waals surface area contributed by atoms with E-state index in [4.69, 9.17) is 0 Å². The van der Waals surface area contributed by atoms with E-state index in [-0.39, 0.29) is 11.8 Å². The molecule has 1 saturated carbocycles. The van der Waals surface area contributed by atoms with E-state index in [9.17, 15) is 9.90 Å². The normalized spacial score (nSPS) is 25.3. The predicted octanol–water partition coefficient (Wildman–Crippen LogP) is 2.37. The average Bonchev–Trinajstić information content (AvgIpc) is 3.23. The molecule has 1 N–H and O–H groups in total. The number of aliphatic carboxylic acids is 1. The fraction of sp³-hybridized carbons (Fsp3) is 0.688. The molecule has 2 fully saturated rings. The third-order valence-electron chi connectivity index (χ3n) is 4.73. The lowest BCUT2D eigenvalue weighted by Gasteiger charge is -2.17. The molecule has 0 spiro atoms. The van der Waals surface area contributed by atoms with Gasteiger partial charge in [-0.1, -0.05) is 13.3 Å². The highest BCUT2D eigenvalue weighted by Gasteiger charge is 2.45. The lowest BCUT2D eigenvalue weighted by atomic mass is 9.92. The summed E-state index contributed by atoms with van der Waals surface area (Å²) in [6.07, 6.45) is 7.23.